The van der Waals surface area contributed by atoms with Crippen LogP contribution in [0.15, 0.2) is 18.2 Å². The van der Waals surface area contributed by atoms with Gasteiger partial charge in [-0.2, -0.15) is 0 Å². The lowest BCUT2D eigenvalue weighted by atomic mass is 10.1. The summed E-state index contributed by atoms with van der Waals surface area (Å²) in [7, 11) is 5.15. The number of carbonyl (C=O) groups excluding carboxylic acids is 1. The molecule has 1 fully saturated rings. The van der Waals surface area contributed by atoms with Gasteiger partial charge in [-0.25, -0.2) is 0 Å². The van der Waals surface area contributed by atoms with Crippen LogP contribution in [0.1, 0.15) is 18.4 Å². The molecule has 22 heavy (non-hydrogen) atoms. The summed E-state index contributed by atoms with van der Waals surface area (Å²) < 4.78 is 10.5. The van der Waals surface area contributed by atoms with E-state index in [2.05, 4.69) is 5.32 Å². The molecule has 0 aromatic heterocycles. The van der Waals surface area contributed by atoms with Gasteiger partial charge in [0.15, 0.2) is 0 Å². The third-order valence-electron chi connectivity index (χ3n) is 4.01. The molecule has 124 valence electrons. The Morgan fingerprint density at radius 3 is 2.41 bits per heavy atom. The lowest BCUT2D eigenvalue weighted by molar-refractivity contribution is -0.131. The molecule has 5 nitrogen and oxygen atoms in total. The number of likely N-dealkylation sites (N-methyl/N-ethyl adjacent to an activating group) is 1. The van der Waals surface area contributed by atoms with E-state index in [1.165, 1.54) is 0 Å². The number of nitrogens with one attached hydrogen (secondary N) is 1. The van der Waals surface area contributed by atoms with Gasteiger partial charge in [0.2, 0.25) is 5.91 Å². The number of hydrogen-bond acceptors (Lipinski definition) is 4. The Hall–Kier alpha value is -1.46. The van der Waals surface area contributed by atoms with Crippen molar-refractivity contribution in [3.05, 3.63) is 23.8 Å². The Bertz CT molecular complexity index is 468. The van der Waals surface area contributed by atoms with Crippen molar-refractivity contribution in [3.63, 3.8) is 0 Å². The molecule has 1 aliphatic rings. The fourth-order valence-corrected chi connectivity index (χ4v) is 2.61. The Kier molecular flexibility index (Phi) is 7.48. The predicted molar refractivity (Wildman–Crippen MR) is 89.2 cm³/mol. The largest absolute Gasteiger partial charge is 0.497 e. The van der Waals surface area contributed by atoms with Crippen LogP contribution in [0.2, 0.25) is 0 Å². The van der Waals surface area contributed by atoms with Crippen LogP contribution in [0, 0.1) is 0 Å². The second kappa shape index (κ2) is 8.86. The minimum absolute atomic E-state index is 0. The molecule has 2 rings (SSSR count). The molecule has 0 bridgehead atoms. The third kappa shape index (κ3) is 4.78. The highest BCUT2D eigenvalue weighted by molar-refractivity contribution is 5.85. The van der Waals surface area contributed by atoms with E-state index in [4.69, 9.17) is 9.47 Å². The summed E-state index contributed by atoms with van der Waals surface area (Å²) in [5.74, 6) is 1.70. The van der Waals surface area contributed by atoms with Crippen LogP contribution in [0.5, 0.6) is 11.5 Å². The van der Waals surface area contributed by atoms with Crippen LogP contribution in [0.4, 0.5) is 0 Å². The van der Waals surface area contributed by atoms with E-state index in [0.717, 1.165) is 36.6 Å². The van der Waals surface area contributed by atoms with Gasteiger partial charge in [0.25, 0.3) is 0 Å². The first-order chi connectivity index (χ1) is 10.1. The van der Waals surface area contributed by atoms with E-state index >= 15 is 0 Å². The van der Waals surface area contributed by atoms with E-state index in [0.29, 0.717) is 18.9 Å². The molecular formula is C16H25ClN2O3. The van der Waals surface area contributed by atoms with Crippen molar-refractivity contribution in [3.8, 4) is 11.5 Å². The zero-order valence-corrected chi connectivity index (χ0v) is 14.2. The summed E-state index contributed by atoms with van der Waals surface area (Å²) >= 11 is 0. The summed E-state index contributed by atoms with van der Waals surface area (Å²) in [6, 6.07) is 6.07. The minimum atomic E-state index is 0. The Morgan fingerprint density at radius 2 is 1.91 bits per heavy atom. The first kappa shape index (κ1) is 18.6. The van der Waals surface area contributed by atoms with Crippen molar-refractivity contribution in [2.24, 2.45) is 0 Å². The van der Waals surface area contributed by atoms with Crippen molar-refractivity contribution < 1.29 is 14.3 Å². The number of aryl methyl sites for hydroxylation is 1. The number of ether oxygens (including phenoxy) is 2. The molecule has 0 spiro atoms. The summed E-state index contributed by atoms with van der Waals surface area (Å²) in [6.45, 7) is 1.89. The van der Waals surface area contributed by atoms with Crippen molar-refractivity contribution in [2.75, 3.05) is 34.4 Å². The summed E-state index contributed by atoms with van der Waals surface area (Å²) in [5.41, 5.74) is 1.05. The molecule has 0 aliphatic carbocycles. The molecule has 1 unspecified atom stereocenters. The predicted octanol–water partition coefficient (Wildman–Crippen LogP) is 1.88. The molecule has 0 saturated carbocycles. The highest BCUT2D eigenvalue weighted by atomic mass is 35.5. The number of carbonyl (C=O) groups is 1. The van der Waals surface area contributed by atoms with Crippen molar-refractivity contribution in [2.45, 2.75) is 25.3 Å². The second-order valence-electron chi connectivity index (χ2n) is 5.37. The van der Waals surface area contributed by atoms with Gasteiger partial charge in [0.1, 0.15) is 11.5 Å². The number of benzene rings is 1. The zero-order valence-electron chi connectivity index (χ0n) is 13.4. The lowest BCUT2D eigenvalue weighted by Gasteiger charge is -2.23. The average Bonchev–Trinajstić information content (AvgIpc) is 3.05. The standard InChI is InChI=1S/C16H24N2O3.ClH/c1-18(13-6-7-17-11-13)16(19)5-4-12-8-14(20-2)10-15(9-12)21-3;/h8-10,13,17H,4-7,11H2,1-3H3;1H. The highest BCUT2D eigenvalue weighted by Crippen LogP contribution is 2.23. The van der Waals surface area contributed by atoms with E-state index in [1.54, 1.807) is 14.2 Å². The lowest BCUT2D eigenvalue weighted by Crippen LogP contribution is -2.38. The summed E-state index contributed by atoms with van der Waals surface area (Å²) in [5, 5.41) is 3.29. The summed E-state index contributed by atoms with van der Waals surface area (Å²) in [6.07, 6.45) is 2.23. The van der Waals surface area contributed by atoms with Gasteiger partial charge >= 0.3 is 0 Å². The van der Waals surface area contributed by atoms with E-state index < -0.39 is 0 Å². The van der Waals surface area contributed by atoms with E-state index in [9.17, 15) is 4.79 Å². The van der Waals surface area contributed by atoms with E-state index in [-0.39, 0.29) is 18.3 Å². The van der Waals surface area contributed by atoms with Crippen LogP contribution in [-0.2, 0) is 11.2 Å². The van der Waals surface area contributed by atoms with Crippen molar-refractivity contribution in [1.29, 1.82) is 0 Å². The van der Waals surface area contributed by atoms with Gasteiger partial charge in [-0.1, -0.05) is 0 Å². The smallest absolute Gasteiger partial charge is 0.222 e. The molecule has 1 N–H and O–H groups in total. The minimum Gasteiger partial charge on any atom is -0.497 e. The Balaban J connectivity index is 0.00000242. The van der Waals surface area contributed by atoms with Crippen molar-refractivity contribution in [1.82, 2.24) is 10.2 Å². The first-order valence-electron chi connectivity index (χ1n) is 7.32. The molecule has 1 amide bonds. The van der Waals surface area contributed by atoms with Gasteiger partial charge in [-0.05, 0) is 37.1 Å². The maximum absolute atomic E-state index is 12.2. The Morgan fingerprint density at radius 1 is 1.27 bits per heavy atom. The molecular weight excluding hydrogens is 304 g/mol. The third-order valence-corrected chi connectivity index (χ3v) is 4.01. The molecule has 1 aromatic carbocycles. The highest BCUT2D eigenvalue weighted by Gasteiger charge is 2.22. The van der Waals surface area contributed by atoms with Crippen molar-refractivity contribution >= 4 is 18.3 Å². The number of hydrogen-bond donors (Lipinski definition) is 1. The topological polar surface area (TPSA) is 50.8 Å². The number of nitrogens with zero attached hydrogens (tertiary/aromatic N) is 1. The molecule has 1 heterocycles. The second-order valence-corrected chi connectivity index (χ2v) is 5.37. The van der Waals surface area contributed by atoms with Crippen LogP contribution >= 0.6 is 12.4 Å². The number of amides is 1. The molecule has 1 atom stereocenters. The van der Waals surface area contributed by atoms with Gasteiger partial charge in [0, 0.05) is 32.1 Å². The number of methoxy groups -OCH3 is 2. The van der Waals surface area contributed by atoms with Gasteiger partial charge in [0.05, 0.1) is 14.2 Å². The zero-order chi connectivity index (χ0) is 15.2. The quantitative estimate of drug-likeness (QED) is 0.866. The molecule has 1 saturated heterocycles. The maximum Gasteiger partial charge on any atom is 0.222 e. The summed E-state index contributed by atoms with van der Waals surface area (Å²) in [4.78, 5) is 14.1. The number of halogens is 1. The normalized spacial score (nSPS) is 16.8. The molecule has 6 heteroatoms. The fourth-order valence-electron chi connectivity index (χ4n) is 2.61. The number of rotatable bonds is 6. The van der Waals surface area contributed by atoms with Crippen LogP contribution in [-0.4, -0.2) is 51.2 Å². The van der Waals surface area contributed by atoms with Gasteiger partial charge in [-0.15, -0.1) is 12.4 Å². The molecule has 0 radical (unpaired) electrons. The SMILES string of the molecule is COc1cc(CCC(=O)N(C)C2CCNC2)cc(OC)c1.Cl. The van der Waals surface area contributed by atoms with E-state index in [1.807, 2.05) is 30.1 Å². The Labute approximate surface area is 138 Å². The van der Waals surface area contributed by atoms with Crippen LogP contribution in [0.3, 0.4) is 0 Å². The van der Waals surface area contributed by atoms with Crippen LogP contribution in [0.25, 0.3) is 0 Å². The average molecular weight is 329 g/mol. The van der Waals surface area contributed by atoms with Gasteiger partial charge < -0.3 is 19.7 Å². The maximum atomic E-state index is 12.2. The first-order valence-corrected chi connectivity index (χ1v) is 7.32. The van der Waals surface area contributed by atoms with Crippen LogP contribution < -0.4 is 14.8 Å². The molecule has 1 aliphatic heterocycles. The molecule has 1 aromatic rings. The van der Waals surface area contributed by atoms with Gasteiger partial charge in [-0.3, -0.25) is 4.79 Å². The monoisotopic (exact) mass is 328 g/mol. The fraction of sp³-hybridized carbons (Fsp3) is 0.562.